The van der Waals surface area contributed by atoms with Gasteiger partial charge in [-0.15, -0.1) is 0 Å². The van der Waals surface area contributed by atoms with Crippen LogP contribution >= 0.6 is 0 Å². The van der Waals surface area contributed by atoms with Crippen LogP contribution in [-0.2, 0) is 19.5 Å². The van der Waals surface area contributed by atoms with E-state index in [1.54, 1.807) is 0 Å². The van der Waals surface area contributed by atoms with Crippen molar-refractivity contribution in [1.29, 1.82) is 0 Å². The number of para-hydroxylation sites is 2. The average molecular weight is 269 g/mol. The quantitative estimate of drug-likeness (QED) is 0.774. The molecule has 2 heterocycles. The van der Waals surface area contributed by atoms with E-state index in [1.807, 2.05) is 23.0 Å². The number of rotatable bonds is 5. The molecule has 2 N–H and O–H groups in total. The third-order valence-corrected chi connectivity index (χ3v) is 3.48. The Hall–Kier alpha value is -2.30. The van der Waals surface area contributed by atoms with Gasteiger partial charge in [0.25, 0.3) is 0 Å². The molecule has 3 aromatic rings. The molecule has 0 aliphatic heterocycles. The summed E-state index contributed by atoms with van der Waals surface area (Å²) in [5, 5.41) is 4.20. The standard InChI is InChI=1S/C15H19N5/c1-2-15-17-12-6-3-4-7-13(12)20(15)10-5-9-19-11-8-14(16)18-19/h3-4,6-8,11H,2,5,9-10H2,1H3,(H2,16,18). The van der Waals surface area contributed by atoms with Crippen molar-refractivity contribution in [2.45, 2.75) is 32.9 Å². The Bertz CT molecular complexity index is 710. The summed E-state index contributed by atoms with van der Waals surface area (Å²) in [6, 6.07) is 10.1. The van der Waals surface area contributed by atoms with Crippen LogP contribution in [0, 0.1) is 0 Å². The predicted molar refractivity (Wildman–Crippen MR) is 80.4 cm³/mol. The van der Waals surface area contributed by atoms with E-state index in [2.05, 4.69) is 39.8 Å². The van der Waals surface area contributed by atoms with Gasteiger partial charge in [-0.05, 0) is 24.6 Å². The third kappa shape index (κ3) is 2.39. The fraction of sp³-hybridized carbons (Fsp3) is 0.333. The second kappa shape index (κ2) is 5.36. The van der Waals surface area contributed by atoms with Gasteiger partial charge >= 0.3 is 0 Å². The van der Waals surface area contributed by atoms with Crippen molar-refractivity contribution in [3.8, 4) is 0 Å². The number of aromatic nitrogens is 4. The minimum atomic E-state index is 0.576. The number of hydrogen-bond donors (Lipinski definition) is 1. The lowest BCUT2D eigenvalue weighted by Crippen LogP contribution is -2.07. The molecule has 2 aromatic heterocycles. The van der Waals surface area contributed by atoms with E-state index >= 15 is 0 Å². The number of nitrogen functional groups attached to an aromatic ring is 1. The summed E-state index contributed by atoms with van der Waals surface area (Å²) >= 11 is 0. The number of hydrogen-bond acceptors (Lipinski definition) is 3. The highest BCUT2D eigenvalue weighted by molar-refractivity contribution is 5.75. The van der Waals surface area contributed by atoms with Crippen LogP contribution in [0.3, 0.4) is 0 Å². The van der Waals surface area contributed by atoms with Gasteiger partial charge in [0.05, 0.1) is 11.0 Å². The molecule has 0 saturated carbocycles. The Kier molecular flexibility index (Phi) is 3.41. The summed E-state index contributed by atoms with van der Waals surface area (Å²) in [6.45, 7) is 3.96. The Balaban J connectivity index is 1.76. The summed E-state index contributed by atoms with van der Waals surface area (Å²) in [5.41, 5.74) is 7.91. The molecule has 0 atom stereocenters. The minimum Gasteiger partial charge on any atom is -0.382 e. The first kappa shape index (κ1) is 12.7. The molecule has 0 radical (unpaired) electrons. The number of benzene rings is 1. The maximum Gasteiger partial charge on any atom is 0.145 e. The maximum atomic E-state index is 5.62. The molecule has 0 saturated heterocycles. The lowest BCUT2D eigenvalue weighted by atomic mass is 10.3. The van der Waals surface area contributed by atoms with Gasteiger partial charge in [0, 0.05) is 25.7 Å². The van der Waals surface area contributed by atoms with Crippen LogP contribution in [-0.4, -0.2) is 19.3 Å². The topological polar surface area (TPSA) is 61.7 Å². The highest BCUT2D eigenvalue weighted by Crippen LogP contribution is 2.17. The lowest BCUT2D eigenvalue weighted by molar-refractivity contribution is 0.525. The molecule has 0 amide bonds. The summed E-state index contributed by atoms with van der Waals surface area (Å²) in [4.78, 5) is 4.68. The van der Waals surface area contributed by atoms with Gasteiger partial charge in [-0.25, -0.2) is 4.98 Å². The van der Waals surface area contributed by atoms with Crippen LogP contribution < -0.4 is 5.73 Å². The Morgan fingerprint density at radius 2 is 2.00 bits per heavy atom. The van der Waals surface area contributed by atoms with Gasteiger partial charge in [0.15, 0.2) is 0 Å². The zero-order valence-corrected chi connectivity index (χ0v) is 11.7. The van der Waals surface area contributed by atoms with Gasteiger partial charge in [0.1, 0.15) is 11.6 Å². The second-order valence-electron chi connectivity index (χ2n) is 4.88. The Morgan fingerprint density at radius 3 is 2.75 bits per heavy atom. The highest BCUT2D eigenvalue weighted by atomic mass is 15.3. The second-order valence-corrected chi connectivity index (χ2v) is 4.88. The van der Waals surface area contributed by atoms with Crippen molar-refractivity contribution in [2.24, 2.45) is 0 Å². The first-order valence-corrected chi connectivity index (χ1v) is 7.01. The number of aryl methyl sites for hydroxylation is 3. The zero-order chi connectivity index (χ0) is 13.9. The van der Waals surface area contributed by atoms with E-state index in [9.17, 15) is 0 Å². The fourth-order valence-electron chi connectivity index (χ4n) is 2.54. The molecule has 20 heavy (non-hydrogen) atoms. The maximum absolute atomic E-state index is 5.62. The van der Waals surface area contributed by atoms with Crippen molar-refractivity contribution in [2.75, 3.05) is 5.73 Å². The molecule has 0 aliphatic rings. The molecule has 0 bridgehead atoms. The van der Waals surface area contributed by atoms with E-state index in [0.717, 1.165) is 37.3 Å². The van der Waals surface area contributed by atoms with Gasteiger partial charge in [-0.2, -0.15) is 5.10 Å². The van der Waals surface area contributed by atoms with Crippen LogP contribution in [0.25, 0.3) is 11.0 Å². The minimum absolute atomic E-state index is 0.576. The van der Waals surface area contributed by atoms with Crippen molar-refractivity contribution in [3.05, 3.63) is 42.4 Å². The first-order chi connectivity index (χ1) is 9.78. The molecule has 1 aromatic carbocycles. The molecule has 104 valence electrons. The van der Waals surface area contributed by atoms with Gasteiger partial charge in [-0.1, -0.05) is 19.1 Å². The van der Waals surface area contributed by atoms with Gasteiger partial charge in [-0.3, -0.25) is 4.68 Å². The van der Waals surface area contributed by atoms with Crippen molar-refractivity contribution < 1.29 is 0 Å². The van der Waals surface area contributed by atoms with E-state index < -0.39 is 0 Å². The Labute approximate surface area is 118 Å². The number of nitrogens with zero attached hydrogens (tertiary/aromatic N) is 4. The molecular weight excluding hydrogens is 250 g/mol. The average Bonchev–Trinajstić information content (AvgIpc) is 3.03. The molecule has 0 spiro atoms. The largest absolute Gasteiger partial charge is 0.382 e. The Morgan fingerprint density at radius 1 is 1.15 bits per heavy atom. The molecule has 0 aliphatic carbocycles. The summed E-state index contributed by atoms with van der Waals surface area (Å²) in [7, 11) is 0. The van der Waals surface area contributed by atoms with Crippen molar-refractivity contribution >= 4 is 16.9 Å². The van der Waals surface area contributed by atoms with E-state index in [-0.39, 0.29) is 0 Å². The molecule has 5 nitrogen and oxygen atoms in total. The zero-order valence-electron chi connectivity index (χ0n) is 11.7. The van der Waals surface area contributed by atoms with Crippen LogP contribution in [0.2, 0.25) is 0 Å². The highest BCUT2D eigenvalue weighted by Gasteiger charge is 2.08. The van der Waals surface area contributed by atoms with Crippen LogP contribution in [0.1, 0.15) is 19.2 Å². The summed E-state index contributed by atoms with van der Waals surface area (Å²) in [6.07, 6.45) is 3.87. The predicted octanol–water partition coefficient (Wildman–Crippen LogP) is 2.47. The fourth-order valence-corrected chi connectivity index (χ4v) is 2.54. The smallest absolute Gasteiger partial charge is 0.145 e. The molecular formula is C15H19N5. The normalized spacial score (nSPS) is 11.2. The van der Waals surface area contributed by atoms with Gasteiger partial charge < -0.3 is 10.3 Å². The number of imidazole rings is 1. The first-order valence-electron chi connectivity index (χ1n) is 7.01. The van der Waals surface area contributed by atoms with E-state index in [1.165, 1.54) is 5.52 Å². The molecule has 0 unspecified atom stereocenters. The van der Waals surface area contributed by atoms with Crippen LogP contribution in [0.4, 0.5) is 5.82 Å². The third-order valence-electron chi connectivity index (χ3n) is 3.48. The molecule has 5 heteroatoms. The van der Waals surface area contributed by atoms with Crippen LogP contribution in [0.15, 0.2) is 36.5 Å². The molecule has 3 rings (SSSR count). The van der Waals surface area contributed by atoms with Crippen LogP contribution in [0.5, 0.6) is 0 Å². The monoisotopic (exact) mass is 269 g/mol. The van der Waals surface area contributed by atoms with Crippen molar-refractivity contribution in [3.63, 3.8) is 0 Å². The summed E-state index contributed by atoms with van der Waals surface area (Å²) < 4.78 is 4.20. The number of anilines is 1. The number of fused-ring (bicyclic) bond motifs is 1. The van der Waals surface area contributed by atoms with Gasteiger partial charge in [0.2, 0.25) is 0 Å². The van der Waals surface area contributed by atoms with E-state index in [4.69, 9.17) is 5.73 Å². The van der Waals surface area contributed by atoms with Crippen molar-refractivity contribution in [1.82, 2.24) is 19.3 Å². The van der Waals surface area contributed by atoms with E-state index in [0.29, 0.717) is 5.82 Å². The molecule has 0 fully saturated rings. The summed E-state index contributed by atoms with van der Waals surface area (Å²) in [5.74, 6) is 1.72. The SMILES string of the molecule is CCc1nc2ccccc2n1CCCn1ccc(N)n1. The number of nitrogens with two attached hydrogens (primary N) is 1. The lowest BCUT2D eigenvalue weighted by Gasteiger charge is -2.08.